The van der Waals surface area contributed by atoms with Gasteiger partial charge in [-0.1, -0.05) is 6.07 Å². The Labute approximate surface area is 206 Å². The maximum absolute atomic E-state index is 13.6. The van der Waals surface area contributed by atoms with Crippen molar-refractivity contribution < 1.29 is 49.4 Å². The van der Waals surface area contributed by atoms with Crippen LogP contribution < -0.4 is 10.2 Å². The zero-order valence-corrected chi connectivity index (χ0v) is 19.3. The summed E-state index contributed by atoms with van der Waals surface area (Å²) in [5, 5.41) is 12.4. The van der Waals surface area contributed by atoms with E-state index < -0.39 is 61.8 Å². The number of piperazine rings is 1. The van der Waals surface area contributed by atoms with Crippen LogP contribution in [0, 0.1) is 17.8 Å². The van der Waals surface area contributed by atoms with Gasteiger partial charge in [0.2, 0.25) is 0 Å². The lowest BCUT2D eigenvalue weighted by atomic mass is 9.93. The van der Waals surface area contributed by atoms with E-state index in [-0.39, 0.29) is 29.6 Å². The Morgan fingerprint density at radius 1 is 0.946 bits per heavy atom. The predicted octanol–water partition coefficient (Wildman–Crippen LogP) is 4.27. The molecule has 3 unspecified atom stereocenters. The average Bonchev–Trinajstić information content (AvgIpc) is 3.34. The summed E-state index contributed by atoms with van der Waals surface area (Å²) in [4.78, 5) is 14.4. The van der Waals surface area contributed by atoms with Crippen molar-refractivity contribution in [3.8, 4) is 0 Å². The van der Waals surface area contributed by atoms with Gasteiger partial charge in [0.15, 0.2) is 5.92 Å². The number of fused-ring (bicyclic) bond motifs is 1. The van der Waals surface area contributed by atoms with E-state index in [1.165, 1.54) is 0 Å². The van der Waals surface area contributed by atoms with E-state index in [0.29, 0.717) is 31.1 Å². The first-order valence-corrected chi connectivity index (χ1v) is 11.6. The zero-order chi connectivity index (χ0) is 27.3. The molecule has 1 aromatic rings. The number of carbonyl (C=O) groups is 1. The highest BCUT2D eigenvalue weighted by Crippen LogP contribution is 2.45. The summed E-state index contributed by atoms with van der Waals surface area (Å²) in [6.45, 7) is -0.223. The van der Waals surface area contributed by atoms with Gasteiger partial charge in [0.1, 0.15) is 0 Å². The highest BCUT2D eigenvalue weighted by Gasteiger charge is 2.62. The number of benzene rings is 1. The Hall–Kier alpha value is -2.42. The summed E-state index contributed by atoms with van der Waals surface area (Å²) in [5.74, 6) is -3.51. The normalized spacial score (nSPS) is 25.7. The summed E-state index contributed by atoms with van der Waals surface area (Å²) in [6.07, 6.45) is -17.8. The number of carboxylic acid groups (broad SMARTS) is 1. The molecule has 3 heterocycles. The van der Waals surface area contributed by atoms with E-state index in [9.17, 15) is 49.4 Å². The maximum Gasteiger partial charge on any atom is 0.416 e. The van der Waals surface area contributed by atoms with Gasteiger partial charge in [0.05, 0.1) is 5.56 Å². The SMILES string of the molecule is O=C(O)N1CCN(Cc2ccc(C(F)(F)F)cc2N2CC3CNCC3C2)C(C(C(F)(F)F)C(F)(F)F)C1. The van der Waals surface area contributed by atoms with Crippen LogP contribution in [0.25, 0.3) is 0 Å². The Morgan fingerprint density at radius 2 is 1.54 bits per heavy atom. The van der Waals surface area contributed by atoms with Crippen LogP contribution in [0.4, 0.5) is 50.0 Å². The topological polar surface area (TPSA) is 59.1 Å². The average molecular weight is 548 g/mol. The van der Waals surface area contributed by atoms with Gasteiger partial charge < -0.3 is 20.2 Å². The molecule has 3 saturated heterocycles. The molecule has 1 aromatic carbocycles. The van der Waals surface area contributed by atoms with Crippen molar-refractivity contribution in [3.63, 3.8) is 0 Å². The molecule has 0 aromatic heterocycles. The highest BCUT2D eigenvalue weighted by atomic mass is 19.4. The Kier molecular flexibility index (Phi) is 7.25. The van der Waals surface area contributed by atoms with Gasteiger partial charge in [-0.05, 0) is 29.5 Å². The zero-order valence-electron chi connectivity index (χ0n) is 19.3. The maximum atomic E-state index is 13.6. The Balaban J connectivity index is 1.70. The van der Waals surface area contributed by atoms with Crippen LogP contribution in [-0.4, -0.2) is 85.2 Å². The van der Waals surface area contributed by atoms with Crippen LogP contribution in [0.1, 0.15) is 11.1 Å². The van der Waals surface area contributed by atoms with Gasteiger partial charge in [-0.15, -0.1) is 0 Å². The molecule has 208 valence electrons. The number of nitrogens with one attached hydrogen (secondary N) is 1. The molecule has 0 spiro atoms. The number of nitrogens with zero attached hydrogens (tertiary/aromatic N) is 3. The number of amides is 1. The van der Waals surface area contributed by atoms with Crippen LogP contribution in [-0.2, 0) is 12.7 Å². The summed E-state index contributed by atoms with van der Waals surface area (Å²) in [6, 6.07) is 0.422. The molecule has 0 saturated carbocycles. The molecule has 15 heteroatoms. The van der Waals surface area contributed by atoms with Crippen LogP contribution >= 0.6 is 0 Å². The molecule has 3 aliphatic heterocycles. The molecule has 3 aliphatic rings. The molecule has 2 N–H and O–H groups in total. The lowest BCUT2D eigenvalue weighted by molar-refractivity contribution is -0.302. The van der Waals surface area contributed by atoms with Crippen molar-refractivity contribution in [2.24, 2.45) is 17.8 Å². The van der Waals surface area contributed by atoms with Gasteiger partial charge >= 0.3 is 24.6 Å². The molecule has 3 fully saturated rings. The quantitative estimate of drug-likeness (QED) is 0.551. The molecule has 0 aliphatic carbocycles. The van der Waals surface area contributed by atoms with E-state index in [1.54, 1.807) is 4.90 Å². The number of alkyl halides is 9. The number of rotatable bonds is 4. The minimum absolute atomic E-state index is 0.110. The van der Waals surface area contributed by atoms with Crippen LogP contribution in [0.3, 0.4) is 0 Å². The fraction of sp³-hybridized carbons (Fsp3) is 0.682. The van der Waals surface area contributed by atoms with E-state index >= 15 is 0 Å². The minimum atomic E-state index is -5.72. The van der Waals surface area contributed by atoms with Crippen molar-refractivity contribution in [3.05, 3.63) is 29.3 Å². The van der Waals surface area contributed by atoms with E-state index in [1.807, 2.05) is 0 Å². The Morgan fingerprint density at radius 3 is 2.05 bits per heavy atom. The second-order valence-electron chi connectivity index (χ2n) is 9.75. The number of hydrogen-bond donors (Lipinski definition) is 2. The molecule has 6 nitrogen and oxygen atoms in total. The van der Waals surface area contributed by atoms with Crippen molar-refractivity contribution in [2.45, 2.75) is 31.1 Å². The third-order valence-electron chi connectivity index (χ3n) is 7.41. The molecule has 4 rings (SSSR count). The molecule has 1 amide bonds. The number of halogens is 9. The van der Waals surface area contributed by atoms with E-state index in [4.69, 9.17) is 0 Å². The number of anilines is 1. The lowest BCUT2D eigenvalue weighted by Gasteiger charge is -2.45. The largest absolute Gasteiger partial charge is 0.465 e. The first kappa shape index (κ1) is 27.6. The standard InChI is InChI=1S/C22H25F9N4O2/c23-20(24,25)15-2-1-12(16(5-15)35-9-13-6-32-7-14(13)10-35)8-33-3-4-34(19(36)37)11-17(33)18(21(26,27)28)22(29,30)31/h1-2,5,13-14,17-18,32H,3-4,6-11H2,(H,36,37). The molecule has 0 bridgehead atoms. The molecule has 3 atom stereocenters. The van der Waals surface area contributed by atoms with Crippen LogP contribution in [0.5, 0.6) is 0 Å². The third kappa shape index (κ3) is 5.86. The van der Waals surface area contributed by atoms with Crippen molar-refractivity contribution in [1.29, 1.82) is 0 Å². The van der Waals surface area contributed by atoms with Crippen LogP contribution in [0.15, 0.2) is 18.2 Å². The van der Waals surface area contributed by atoms with Gasteiger partial charge in [-0.3, -0.25) is 4.90 Å². The fourth-order valence-corrected chi connectivity index (χ4v) is 5.59. The number of hydrogen-bond acceptors (Lipinski definition) is 4. The van der Waals surface area contributed by atoms with E-state index in [0.717, 1.165) is 23.1 Å². The lowest BCUT2D eigenvalue weighted by Crippen LogP contribution is -2.62. The third-order valence-corrected chi connectivity index (χ3v) is 7.41. The van der Waals surface area contributed by atoms with Gasteiger partial charge in [-0.2, -0.15) is 39.5 Å². The first-order valence-electron chi connectivity index (χ1n) is 11.6. The summed E-state index contributed by atoms with van der Waals surface area (Å²) in [5.41, 5.74) is -0.714. The molecule has 0 radical (unpaired) electrons. The Bertz CT molecular complexity index is 972. The van der Waals surface area contributed by atoms with Crippen molar-refractivity contribution >= 4 is 11.8 Å². The van der Waals surface area contributed by atoms with E-state index in [2.05, 4.69) is 5.32 Å². The van der Waals surface area contributed by atoms with Gasteiger partial charge in [0, 0.05) is 64.1 Å². The fourth-order valence-electron chi connectivity index (χ4n) is 5.59. The molecular formula is C22H25F9N4O2. The summed E-state index contributed by atoms with van der Waals surface area (Å²) < 4.78 is 122. The second-order valence-corrected chi connectivity index (χ2v) is 9.75. The predicted molar refractivity (Wildman–Crippen MR) is 113 cm³/mol. The van der Waals surface area contributed by atoms with Crippen molar-refractivity contribution in [2.75, 3.05) is 50.7 Å². The smallest absolute Gasteiger partial charge is 0.416 e. The monoisotopic (exact) mass is 548 g/mol. The van der Waals surface area contributed by atoms with Crippen LogP contribution in [0.2, 0.25) is 0 Å². The van der Waals surface area contributed by atoms with Gasteiger partial charge in [0.25, 0.3) is 0 Å². The van der Waals surface area contributed by atoms with Crippen molar-refractivity contribution in [1.82, 2.24) is 15.1 Å². The highest BCUT2D eigenvalue weighted by molar-refractivity contribution is 5.65. The first-order chi connectivity index (χ1) is 17.1. The molecular weight excluding hydrogens is 523 g/mol. The second kappa shape index (κ2) is 9.71. The summed E-state index contributed by atoms with van der Waals surface area (Å²) >= 11 is 0. The van der Waals surface area contributed by atoms with Gasteiger partial charge in [-0.25, -0.2) is 4.79 Å². The minimum Gasteiger partial charge on any atom is -0.465 e. The molecule has 37 heavy (non-hydrogen) atoms. The summed E-state index contributed by atoms with van der Waals surface area (Å²) in [7, 11) is 0.